The normalized spacial score (nSPS) is 11.1. The molecule has 0 fully saturated rings. The molecule has 0 unspecified atom stereocenters. The van der Waals surface area contributed by atoms with E-state index in [0.717, 1.165) is 33.2 Å². The predicted octanol–water partition coefficient (Wildman–Crippen LogP) is 4.20. The van der Waals surface area contributed by atoms with Gasteiger partial charge in [0, 0.05) is 29.0 Å². The molecule has 0 aliphatic heterocycles. The van der Waals surface area contributed by atoms with Crippen molar-refractivity contribution >= 4 is 34.1 Å². The van der Waals surface area contributed by atoms with Crippen LogP contribution in [0.4, 0.5) is 5.82 Å². The van der Waals surface area contributed by atoms with Crippen molar-refractivity contribution in [2.75, 3.05) is 5.73 Å². The smallest absolute Gasteiger partial charge is 0.256 e. The molecule has 9 heteroatoms. The molecule has 0 radical (unpaired) electrons. The molecule has 0 aliphatic rings. The van der Waals surface area contributed by atoms with Crippen molar-refractivity contribution in [2.24, 2.45) is 0 Å². The average molecular weight is 486 g/mol. The highest BCUT2D eigenvalue weighted by Crippen LogP contribution is 2.19. The van der Waals surface area contributed by atoms with Crippen molar-refractivity contribution in [2.45, 2.75) is 26.6 Å². The zero-order valence-electron chi connectivity index (χ0n) is 19.1. The molecule has 0 atom stereocenters. The number of carbonyl (C=O) groups excluding carboxylic acids is 1. The molecule has 0 bridgehead atoms. The molecular formula is C26H24ClN7O. The van der Waals surface area contributed by atoms with Crippen LogP contribution in [0.25, 0.3) is 10.8 Å². The number of nitrogens with zero attached hydrogens (tertiary/aromatic N) is 5. The number of benzene rings is 2. The second-order valence-corrected chi connectivity index (χ2v) is 8.94. The Morgan fingerprint density at radius 1 is 0.971 bits per heavy atom. The van der Waals surface area contributed by atoms with Crippen LogP contribution < -0.4 is 11.1 Å². The van der Waals surface area contributed by atoms with E-state index in [9.17, 15) is 4.79 Å². The molecule has 35 heavy (non-hydrogen) atoms. The largest absolute Gasteiger partial charge is 0.382 e. The van der Waals surface area contributed by atoms with E-state index in [-0.39, 0.29) is 18.3 Å². The molecule has 1 amide bonds. The van der Waals surface area contributed by atoms with Crippen LogP contribution in [0.2, 0.25) is 5.02 Å². The lowest BCUT2D eigenvalue weighted by atomic mass is 10.1. The maximum atomic E-state index is 12.7. The average Bonchev–Trinajstić information content (AvgIpc) is 3.42. The first-order valence-electron chi connectivity index (χ1n) is 11.1. The van der Waals surface area contributed by atoms with Crippen LogP contribution in [0.3, 0.4) is 0 Å². The number of halogens is 1. The number of carbonyl (C=O) groups is 1. The van der Waals surface area contributed by atoms with E-state index in [1.54, 1.807) is 17.1 Å². The Hall–Kier alpha value is -4.17. The Morgan fingerprint density at radius 2 is 1.71 bits per heavy atom. The van der Waals surface area contributed by atoms with Crippen LogP contribution >= 0.6 is 11.6 Å². The van der Waals surface area contributed by atoms with Crippen LogP contribution in [-0.2, 0) is 19.6 Å². The monoisotopic (exact) mass is 485 g/mol. The van der Waals surface area contributed by atoms with Gasteiger partial charge >= 0.3 is 0 Å². The molecule has 3 heterocycles. The molecule has 8 nitrogen and oxygen atoms in total. The molecular weight excluding hydrogens is 462 g/mol. The highest BCUT2D eigenvalue weighted by molar-refractivity contribution is 6.31. The van der Waals surface area contributed by atoms with Gasteiger partial charge in [-0.05, 0) is 47.2 Å². The highest BCUT2D eigenvalue weighted by Gasteiger charge is 2.15. The number of amides is 1. The van der Waals surface area contributed by atoms with Gasteiger partial charge in [-0.2, -0.15) is 10.2 Å². The third kappa shape index (κ3) is 5.33. The molecule has 5 aromatic rings. The molecule has 2 aromatic carbocycles. The minimum Gasteiger partial charge on any atom is -0.382 e. The fourth-order valence-electron chi connectivity index (χ4n) is 3.89. The van der Waals surface area contributed by atoms with Crippen LogP contribution in [0.5, 0.6) is 0 Å². The number of hydrogen-bond acceptors (Lipinski definition) is 5. The van der Waals surface area contributed by atoms with Gasteiger partial charge in [0.05, 0.1) is 31.5 Å². The number of nitrogens with two attached hydrogens (primary N) is 1. The van der Waals surface area contributed by atoms with Gasteiger partial charge < -0.3 is 11.1 Å². The Morgan fingerprint density at radius 3 is 2.43 bits per heavy atom. The number of hydrogen-bond donors (Lipinski definition) is 2. The fraction of sp³-hybridized carbons (Fsp3) is 0.154. The second kappa shape index (κ2) is 9.60. The maximum Gasteiger partial charge on any atom is 0.256 e. The van der Waals surface area contributed by atoms with Gasteiger partial charge in [0.15, 0.2) is 5.82 Å². The molecule has 0 spiro atoms. The van der Waals surface area contributed by atoms with Crippen LogP contribution in [-0.4, -0.2) is 30.5 Å². The van der Waals surface area contributed by atoms with E-state index < -0.39 is 0 Å². The standard InChI is InChI=1S/C26H24ClN7O/c1-17-10-31-33(13-17)14-18-2-4-19(5-3-18)15-34-16-24(25(28)32-34)26(35)30-12-23-9-21-8-22(27)7-6-20(21)11-29-23/h2-11,13,16H,12,14-15H2,1H3,(H2,28,32)(H,30,35). The summed E-state index contributed by atoms with van der Waals surface area (Å²) in [6.07, 6.45) is 7.29. The Balaban J connectivity index is 1.21. The van der Waals surface area contributed by atoms with Crippen LogP contribution in [0.1, 0.15) is 32.7 Å². The number of nitrogens with one attached hydrogen (secondary N) is 1. The molecule has 0 aliphatic carbocycles. The molecule has 0 saturated carbocycles. The summed E-state index contributed by atoms with van der Waals surface area (Å²) < 4.78 is 3.58. The summed E-state index contributed by atoms with van der Waals surface area (Å²) in [5.41, 5.74) is 10.4. The Bertz CT molecular complexity index is 1500. The maximum absolute atomic E-state index is 12.7. The summed E-state index contributed by atoms with van der Waals surface area (Å²) in [6.45, 7) is 3.51. The van der Waals surface area contributed by atoms with Crippen molar-refractivity contribution in [1.29, 1.82) is 0 Å². The van der Waals surface area contributed by atoms with E-state index in [0.29, 0.717) is 23.7 Å². The first-order chi connectivity index (χ1) is 16.9. The number of fused-ring (bicyclic) bond motifs is 1. The van der Waals surface area contributed by atoms with E-state index in [2.05, 4.69) is 32.6 Å². The molecule has 0 saturated heterocycles. The van der Waals surface area contributed by atoms with E-state index in [4.69, 9.17) is 17.3 Å². The first-order valence-corrected chi connectivity index (χ1v) is 11.5. The van der Waals surface area contributed by atoms with E-state index in [1.807, 2.05) is 60.4 Å². The quantitative estimate of drug-likeness (QED) is 0.359. The topological polar surface area (TPSA) is 104 Å². The van der Waals surface area contributed by atoms with Crippen molar-refractivity contribution in [3.63, 3.8) is 0 Å². The van der Waals surface area contributed by atoms with Crippen LogP contribution in [0.15, 0.2) is 73.3 Å². The number of anilines is 1. The molecule has 3 N–H and O–H groups in total. The highest BCUT2D eigenvalue weighted by atomic mass is 35.5. The van der Waals surface area contributed by atoms with Gasteiger partial charge in [-0.25, -0.2) is 0 Å². The zero-order valence-corrected chi connectivity index (χ0v) is 19.9. The lowest BCUT2D eigenvalue weighted by Gasteiger charge is -2.06. The van der Waals surface area contributed by atoms with Crippen molar-refractivity contribution in [1.82, 2.24) is 29.9 Å². The second-order valence-electron chi connectivity index (χ2n) is 8.51. The predicted molar refractivity (Wildman–Crippen MR) is 136 cm³/mol. The van der Waals surface area contributed by atoms with E-state index in [1.165, 1.54) is 0 Å². The van der Waals surface area contributed by atoms with Gasteiger partial charge in [-0.15, -0.1) is 0 Å². The third-order valence-corrected chi connectivity index (χ3v) is 5.91. The van der Waals surface area contributed by atoms with Gasteiger partial charge in [0.25, 0.3) is 5.91 Å². The number of aryl methyl sites for hydroxylation is 1. The van der Waals surface area contributed by atoms with Gasteiger partial charge in [0.1, 0.15) is 5.56 Å². The summed E-state index contributed by atoms with van der Waals surface area (Å²) >= 11 is 6.08. The van der Waals surface area contributed by atoms with Crippen LogP contribution in [0, 0.1) is 6.92 Å². The first kappa shape index (κ1) is 22.6. The summed E-state index contributed by atoms with van der Waals surface area (Å²) in [5.74, 6) is -0.113. The number of rotatable bonds is 7. The van der Waals surface area contributed by atoms with Crippen molar-refractivity contribution < 1.29 is 4.79 Å². The molecule has 3 aromatic heterocycles. The van der Waals surface area contributed by atoms with Gasteiger partial charge in [0.2, 0.25) is 0 Å². The lowest BCUT2D eigenvalue weighted by Crippen LogP contribution is -2.23. The van der Waals surface area contributed by atoms with Crippen molar-refractivity contribution in [3.8, 4) is 0 Å². The third-order valence-electron chi connectivity index (χ3n) is 5.68. The Labute approximate surface area is 207 Å². The number of pyridine rings is 1. The summed E-state index contributed by atoms with van der Waals surface area (Å²) in [6, 6.07) is 15.7. The lowest BCUT2D eigenvalue weighted by molar-refractivity contribution is 0.0951. The molecule has 5 rings (SSSR count). The van der Waals surface area contributed by atoms with E-state index >= 15 is 0 Å². The molecule has 176 valence electrons. The summed E-state index contributed by atoms with van der Waals surface area (Å²) in [5, 5.41) is 14.1. The Kier molecular flexibility index (Phi) is 6.20. The summed E-state index contributed by atoms with van der Waals surface area (Å²) in [7, 11) is 0. The minimum atomic E-state index is -0.299. The number of aromatic nitrogens is 5. The number of nitrogen functional groups attached to an aromatic ring is 1. The van der Waals surface area contributed by atoms with Crippen molar-refractivity contribution in [3.05, 3.63) is 106 Å². The SMILES string of the molecule is Cc1cnn(Cc2ccc(Cn3cc(C(=O)NCc4cc5cc(Cl)ccc5cn4)c(N)n3)cc2)c1. The minimum absolute atomic E-state index is 0.187. The van der Waals surface area contributed by atoms with Gasteiger partial charge in [-0.1, -0.05) is 41.9 Å². The fourth-order valence-corrected chi connectivity index (χ4v) is 4.07. The zero-order chi connectivity index (χ0) is 24.4. The van der Waals surface area contributed by atoms with Gasteiger partial charge in [-0.3, -0.25) is 19.1 Å². The summed E-state index contributed by atoms with van der Waals surface area (Å²) in [4.78, 5) is 17.1.